The molecule has 1 rings (SSSR count). The molecule has 4 nitrogen and oxygen atoms in total. The number of halogens is 2. The number of hydrogen-bond acceptors (Lipinski definition) is 4. The number of rotatable bonds is 5. The quantitative estimate of drug-likeness (QED) is 0.777. The fourth-order valence-electron chi connectivity index (χ4n) is 0.957. The largest absolute Gasteiger partial charge is 0.493 e. The van der Waals surface area contributed by atoms with Crippen molar-refractivity contribution in [1.82, 2.24) is 4.98 Å². The molecule has 0 atom stereocenters. The number of aliphatic hydroxyl groups is 1. The third-order valence-electron chi connectivity index (χ3n) is 1.74. The van der Waals surface area contributed by atoms with E-state index in [9.17, 15) is 8.78 Å². The molecule has 0 radical (unpaired) electrons. The Balaban J connectivity index is 2.65. The third kappa shape index (κ3) is 3.32. The molecular weight excluding hydrogens is 206 g/mol. The van der Waals surface area contributed by atoms with Gasteiger partial charge in [0, 0.05) is 6.20 Å². The molecule has 0 spiro atoms. The van der Waals surface area contributed by atoms with Crippen LogP contribution in [0.4, 0.5) is 14.6 Å². The second kappa shape index (κ2) is 4.88. The number of ether oxygens (including phenoxy) is 1. The summed E-state index contributed by atoms with van der Waals surface area (Å²) in [4.78, 5) is 3.84. The van der Waals surface area contributed by atoms with E-state index < -0.39 is 19.1 Å². The number of nitrogens with zero attached hydrogens (tertiary/aromatic N) is 1. The Hall–Kier alpha value is -1.43. The molecule has 15 heavy (non-hydrogen) atoms. The first kappa shape index (κ1) is 11.6. The molecule has 0 aliphatic carbocycles. The van der Waals surface area contributed by atoms with Gasteiger partial charge >= 0.3 is 0 Å². The highest BCUT2D eigenvalue weighted by atomic mass is 19.3. The molecule has 1 aromatic heterocycles. The van der Waals surface area contributed by atoms with E-state index in [-0.39, 0.29) is 5.82 Å². The Kier molecular flexibility index (Phi) is 3.79. The van der Waals surface area contributed by atoms with Crippen molar-refractivity contribution in [3.63, 3.8) is 0 Å². The zero-order valence-electron chi connectivity index (χ0n) is 8.20. The highest BCUT2D eigenvalue weighted by Crippen LogP contribution is 2.21. The smallest absolute Gasteiger partial charge is 0.287 e. The van der Waals surface area contributed by atoms with Crippen LogP contribution in [-0.4, -0.2) is 36.3 Å². The summed E-state index contributed by atoms with van der Waals surface area (Å²) < 4.78 is 30.3. The monoisotopic (exact) mass is 218 g/mol. The van der Waals surface area contributed by atoms with Gasteiger partial charge in [0.2, 0.25) is 0 Å². The Morgan fingerprint density at radius 3 is 2.93 bits per heavy atom. The minimum absolute atomic E-state index is 0.230. The normalized spacial score (nSPS) is 11.2. The molecule has 84 valence electrons. The maximum absolute atomic E-state index is 12.7. The average molecular weight is 218 g/mol. The zero-order chi connectivity index (χ0) is 11.3. The van der Waals surface area contributed by atoms with Gasteiger partial charge < -0.3 is 15.2 Å². The number of nitrogens with one attached hydrogen (secondary N) is 1. The lowest BCUT2D eigenvalue weighted by Gasteiger charge is -2.15. The van der Waals surface area contributed by atoms with Gasteiger partial charge in [-0.25, -0.2) is 13.8 Å². The van der Waals surface area contributed by atoms with Gasteiger partial charge in [-0.15, -0.1) is 0 Å². The summed E-state index contributed by atoms with van der Waals surface area (Å²) in [5.74, 6) is -2.55. The van der Waals surface area contributed by atoms with E-state index in [0.29, 0.717) is 5.75 Å². The number of alkyl halides is 2. The van der Waals surface area contributed by atoms with Gasteiger partial charge in [-0.1, -0.05) is 0 Å². The summed E-state index contributed by atoms with van der Waals surface area (Å²) in [6.45, 7) is -1.88. The molecule has 0 aliphatic heterocycles. The molecular formula is C9H12F2N2O2. The molecule has 1 heterocycles. The number of aliphatic hydroxyl groups excluding tert-OH is 1. The number of methoxy groups -OCH3 is 1. The SMILES string of the molecule is COc1cccnc1NCC(F)(F)CO. The first-order chi connectivity index (χ1) is 7.09. The highest BCUT2D eigenvalue weighted by molar-refractivity contribution is 5.49. The van der Waals surface area contributed by atoms with Gasteiger partial charge in [0.05, 0.1) is 13.7 Å². The summed E-state index contributed by atoms with van der Waals surface area (Å²) >= 11 is 0. The van der Waals surface area contributed by atoms with E-state index in [2.05, 4.69) is 10.3 Å². The summed E-state index contributed by atoms with van der Waals surface area (Å²) in [6.07, 6.45) is 1.46. The van der Waals surface area contributed by atoms with Gasteiger partial charge in [-0.3, -0.25) is 0 Å². The minimum atomic E-state index is -3.16. The van der Waals surface area contributed by atoms with Crippen LogP contribution in [0.2, 0.25) is 0 Å². The van der Waals surface area contributed by atoms with Crippen molar-refractivity contribution in [2.24, 2.45) is 0 Å². The fraction of sp³-hybridized carbons (Fsp3) is 0.444. The van der Waals surface area contributed by atoms with Crippen molar-refractivity contribution < 1.29 is 18.6 Å². The molecule has 2 N–H and O–H groups in total. The molecule has 0 saturated carbocycles. The zero-order valence-corrected chi connectivity index (χ0v) is 8.20. The van der Waals surface area contributed by atoms with Crippen LogP contribution in [0.25, 0.3) is 0 Å². The molecule has 0 fully saturated rings. The molecule has 1 aromatic rings. The molecule has 0 unspecified atom stereocenters. The van der Waals surface area contributed by atoms with Crippen molar-refractivity contribution in [2.75, 3.05) is 25.6 Å². The second-order valence-electron chi connectivity index (χ2n) is 2.92. The third-order valence-corrected chi connectivity index (χ3v) is 1.74. The summed E-state index contributed by atoms with van der Waals surface area (Å²) in [5.41, 5.74) is 0. The molecule has 0 saturated heterocycles. The molecule has 0 aliphatic rings. The molecule has 0 aromatic carbocycles. The van der Waals surface area contributed by atoms with Crippen LogP contribution in [0.3, 0.4) is 0 Å². The molecule has 6 heteroatoms. The lowest BCUT2D eigenvalue weighted by atomic mass is 10.3. The standard InChI is InChI=1S/C9H12F2N2O2/c1-15-7-3-2-4-12-8(7)13-5-9(10,11)6-14/h2-4,14H,5-6H2,1H3,(H,12,13). The van der Waals surface area contributed by atoms with E-state index in [1.165, 1.54) is 13.3 Å². The second-order valence-corrected chi connectivity index (χ2v) is 2.92. The lowest BCUT2D eigenvalue weighted by molar-refractivity contribution is -0.0373. The van der Waals surface area contributed by atoms with Crippen LogP contribution in [0, 0.1) is 0 Å². The van der Waals surface area contributed by atoms with E-state index in [1.54, 1.807) is 12.1 Å². The highest BCUT2D eigenvalue weighted by Gasteiger charge is 2.27. The van der Waals surface area contributed by atoms with Crippen molar-refractivity contribution in [1.29, 1.82) is 0 Å². The van der Waals surface area contributed by atoms with Crippen LogP contribution in [0.5, 0.6) is 5.75 Å². The van der Waals surface area contributed by atoms with Crippen molar-refractivity contribution in [2.45, 2.75) is 5.92 Å². The number of pyridine rings is 1. The van der Waals surface area contributed by atoms with Gasteiger partial charge in [-0.05, 0) is 12.1 Å². The van der Waals surface area contributed by atoms with Crippen LogP contribution in [-0.2, 0) is 0 Å². The first-order valence-corrected chi connectivity index (χ1v) is 4.30. The topological polar surface area (TPSA) is 54.4 Å². The van der Waals surface area contributed by atoms with Crippen LogP contribution in [0.1, 0.15) is 0 Å². The Bertz CT molecular complexity index is 321. The predicted octanol–water partition coefficient (Wildman–Crippen LogP) is 1.13. The van der Waals surface area contributed by atoms with E-state index in [1.807, 2.05) is 0 Å². The van der Waals surface area contributed by atoms with Crippen molar-refractivity contribution >= 4 is 5.82 Å². The van der Waals surface area contributed by atoms with Gasteiger partial charge in [0.1, 0.15) is 6.61 Å². The number of hydrogen-bond donors (Lipinski definition) is 2. The summed E-state index contributed by atoms with van der Waals surface area (Å²) in [6, 6.07) is 3.24. The summed E-state index contributed by atoms with van der Waals surface area (Å²) in [5, 5.41) is 10.8. The molecule has 0 bridgehead atoms. The average Bonchev–Trinajstić information content (AvgIpc) is 2.27. The van der Waals surface area contributed by atoms with Crippen LogP contribution < -0.4 is 10.1 Å². The number of aromatic nitrogens is 1. The maximum atomic E-state index is 12.7. The van der Waals surface area contributed by atoms with E-state index in [4.69, 9.17) is 9.84 Å². The summed E-state index contributed by atoms with van der Waals surface area (Å²) in [7, 11) is 1.42. The van der Waals surface area contributed by atoms with Gasteiger partial charge in [-0.2, -0.15) is 0 Å². The minimum Gasteiger partial charge on any atom is -0.493 e. The predicted molar refractivity (Wildman–Crippen MR) is 51.3 cm³/mol. The fourth-order valence-corrected chi connectivity index (χ4v) is 0.957. The van der Waals surface area contributed by atoms with Gasteiger partial charge in [0.15, 0.2) is 11.6 Å². The Morgan fingerprint density at radius 2 is 2.33 bits per heavy atom. The maximum Gasteiger partial charge on any atom is 0.287 e. The Morgan fingerprint density at radius 1 is 1.60 bits per heavy atom. The van der Waals surface area contributed by atoms with Gasteiger partial charge in [0.25, 0.3) is 5.92 Å². The van der Waals surface area contributed by atoms with Crippen molar-refractivity contribution in [3.8, 4) is 5.75 Å². The van der Waals surface area contributed by atoms with Crippen LogP contribution in [0.15, 0.2) is 18.3 Å². The first-order valence-electron chi connectivity index (χ1n) is 4.30. The van der Waals surface area contributed by atoms with E-state index in [0.717, 1.165) is 0 Å². The molecule has 0 amide bonds. The van der Waals surface area contributed by atoms with E-state index >= 15 is 0 Å². The number of anilines is 1. The van der Waals surface area contributed by atoms with Crippen molar-refractivity contribution in [3.05, 3.63) is 18.3 Å². The lowest BCUT2D eigenvalue weighted by Crippen LogP contribution is -2.31. The Labute approximate surface area is 85.9 Å². The van der Waals surface area contributed by atoms with Crippen LogP contribution >= 0.6 is 0 Å².